The fraction of sp³-hybridized carbons (Fsp3) is 0.842. The number of rotatable bonds is 17. The Bertz CT molecular complexity index is 409. The van der Waals surface area contributed by atoms with Gasteiger partial charge in [-0.1, -0.05) is 58.3 Å². The Hall–Kier alpha value is -1.26. The third-order valence-electron chi connectivity index (χ3n) is 4.22. The maximum Gasteiger partial charge on any atom is 0.326 e. The van der Waals surface area contributed by atoms with E-state index in [1.807, 2.05) is 0 Å². The molecule has 6 heteroatoms. The van der Waals surface area contributed by atoms with Crippen LogP contribution in [0.1, 0.15) is 90.4 Å². The molecular weight excluding hydrogens is 336 g/mol. The number of carbonyl (C=O) groups is 2. The molecule has 1 atom stereocenters. The van der Waals surface area contributed by atoms with Gasteiger partial charge in [-0.15, -0.1) is 0 Å². The average Bonchev–Trinajstić information content (AvgIpc) is 2.59. The van der Waals surface area contributed by atoms with Gasteiger partial charge in [0.2, 0.25) is 5.91 Å². The normalized spacial score (nSPS) is 11.6. The average molecular weight is 371 g/mol. The number of unbranched alkanes of at least 4 members (excludes halogenated alkanes) is 9. The Labute approximate surface area is 157 Å². The minimum atomic E-state index is -0.973. The summed E-state index contributed by atoms with van der Waals surface area (Å²) in [7, 11) is 0. The van der Waals surface area contributed by atoms with Crippen molar-refractivity contribution in [3.8, 4) is 0 Å². The first kappa shape index (κ1) is 23.7. The lowest BCUT2D eigenvalue weighted by Gasteiger charge is -2.14. The highest BCUT2D eigenvalue weighted by atomic mass is 32.1. The lowest BCUT2D eigenvalue weighted by Crippen LogP contribution is -2.40. The Morgan fingerprint density at radius 1 is 1.00 bits per heavy atom. The molecule has 0 saturated carbocycles. The van der Waals surface area contributed by atoms with E-state index < -0.39 is 12.0 Å². The van der Waals surface area contributed by atoms with Crippen LogP contribution in [-0.4, -0.2) is 34.7 Å². The number of hydrogen-bond donors (Lipinski definition) is 2. The molecule has 2 N–H and O–H groups in total. The van der Waals surface area contributed by atoms with Crippen LogP contribution in [0.15, 0.2) is 4.99 Å². The largest absolute Gasteiger partial charge is 0.480 e. The van der Waals surface area contributed by atoms with Gasteiger partial charge in [-0.2, -0.15) is 0 Å². The SMILES string of the molecule is CCCCCCCCCCCC(=O)N[C@@H](CCCCN=C=S)C(=O)O. The van der Waals surface area contributed by atoms with Crippen LogP contribution in [0.5, 0.6) is 0 Å². The maximum absolute atomic E-state index is 11.9. The first-order valence-electron chi connectivity index (χ1n) is 9.67. The van der Waals surface area contributed by atoms with Crippen molar-refractivity contribution in [2.75, 3.05) is 6.54 Å². The zero-order chi connectivity index (χ0) is 18.8. The molecule has 0 spiro atoms. The number of carboxylic acids is 1. The monoisotopic (exact) mass is 370 g/mol. The van der Waals surface area contributed by atoms with Crippen LogP contribution in [0.2, 0.25) is 0 Å². The molecule has 0 radical (unpaired) electrons. The molecule has 0 bridgehead atoms. The third-order valence-corrected chi connectivity index (χ3v) is 4.35. The Kier molecular flexibility index (Phi) is 16.7. The first-order valence-corrected chi connectivity index (χ1v) is 10.1. The van der Waals surface area contributed by atoms with Crippen LogP contribution < -0.4 is 5.32 Å². The highest BCUT2D eigenvalue weighted by molar-refractivity contribution is 7.78. The second kappa shape index (κ2) is 17.6. The molecule has 0 aliphatic heterocycles. The van der Waals surface area contributed by atoms with E-state index in [2.05, 4.69) is 34.6 Å². The van der Waals surface area contributed by atoms with Crippen molar-refractivity contribution in [2.45, 2.75) is 96.4 Å². The van der Waals surface area contributed by atoms with Gasteiger partial charge in [0.05, 0.1) is 5.16 Å². The van der Waals surface area contributed by atoms with Crippen molar-refractivity contribution < 1.29 is 14.7 Å². The van der Waals surface area contributed by atoms with Crippen molar-refractivity contribution >= 4 is 29.3 Å². The topological polar surface area (TPSA) is 78.8 Å². The lowest BCUT2D eigenvalue weighted by molar-refractivity contribution is -0.142. The van der Waals surface area contributed by atoms with Crippen LogP contribution in [0.3, 0.4) is 0 Å². The number of carbonyl (C=O) groups excluding carboxylic acids is 1. The lowest BCUT2D eigenvalue weighted by atomic mass is 10.1. The molecule has 0 fully saturated rings. The van der Waals surface area contributed by atoms with Crippen molar-refractivity contribution in [3.63, 3.8) is 0 Å². The number of isothiocyanates is 1. The molecule has 0 heterocycles. The molecule has 144 valence electrons. The summed E-state index contributed by atoms with van der Waals surface area (Å²) in [5.74, 6) is -1.13. The van der Waals surface area contributed by atoms with Crippen molar-refractivity contribution in [3.05, 3.63) is 0 Å². The van der Waals surface area contributed by atoms with Gasteiger partial charge in [0, 0.05) is 13.0 Å². The minimum absolute atomic E-state index is 0.160. The summed E-state index contributed by atoms with van der Waals surface area (Å²) in [5.41, 5.74) is 0. The Balaban J connectivity index is 3.71. The summed E-state index contributed by atoms with van der Waals surface area (Å²) in [6.45, 7) is 2.78. The van der Waals surface area contributed by atoms with Gasteiger partial charge in [0.15, 0.2) is 0 Å². The molecule has 0 aromatic carbocycles. The van der Waals surface area contributed by atoms with Crippen molar-refractivity contribution in [2.24, 2.45) is 4.99 Å². The van der Waals surface area contributed by atoms with Gasteiger partial charge >= 0.3 is 5.97 Å². The van der Waals surface area contributed by atoms with Gasteiger partial charge in [-0.3, -0.25) is 4.79 Å². The Morgan fingerprint density at radius 3 is 2.16 bits per heavy atom. The summed E-state index contributed by atoms with van der Waals surface area (Å²) < 4.78 is 0. The predicted octanol–water partition coefficient (Wildman–Crippen LogP) is 4.75. The number of aliphatic carboxylic acids is 1. The Morgan fingerprint density at radius 2 is 1.60 bits per heavy atom. The standard InChI is InChI=1S/C19H34N2O3S/c1-2-3-4-5-6-7-8-9-10-14-18(22)21-17(19(23)24)13-11-12-15-20-16-25/h17H,2-15H2,1H3,(H,21,22)(H,23,24)/t17-/m0/s1. The van der Waals surface area contributed by atoms with E-state index >= 15 is 0 Å². The van der Waals surface area contributed by atoms with Gasteiger partial charge < -0.3 is 10.4 Å². The van der Waals surface area contributed by atoms with Crippen LogP contribution >= 0.6 is 12.2 Å². The number of hydrogen-bond acceptors (Lipinski definition) is 4. The summed E-state index contributed by atoms with van der Waals surface area (Å²) in [6.07, 6.45) is 13.0. The van der Waals surface area contributed by atoms with Crippen LogP contribution in [0.25, 0.3) is 0 Å². The zero-order valence-electron chi connectivity index (χ0n) is 15.6. The maximum atomic E-state index is 11.9. The molecule has 0 aliphatic rings. The van der Waals surface area contributed by atoms with E-state index in [-0.39, 0.29) is 5.91 Å². The second-order valence-corrected chi connectivity index (χ2v) is 6.69. The van der Waals surface area contributed by atoms with E-state index in [1.165, 1.54) is 38.5 Å². The van der Waals surface area contributed by atoms with Gasteiger partial charge in [-0.05, 0) is 37.9 Å². The molecule has 0 unspecified atom stereocenters. The van der Waals surface area contributed by atoms with Gasteiger partial charge in [0.25, 0.3) is 0 Å². The fourth-order valence-electron chi connectivity index (χ4n) is 2.71. The van der Waals surface area contributed by atoms with Crippen LogP contribution in [0, 0.1) is 0 Å². The van der Waals surface area contributed by atoms with Gasteiger partial charge in [-0.25, -0.2) is 9.79 Å². The fourth-order valence-corrected chi connectivity index (χ4v) is 2.80. The second-order valence-electron chi connectivity index (χ2n) is 6.51. The number of aliphatic imine (C=N–C) groups is 1. The molecule has 5 nitrogen and oxygen atoms in total. The first-order chi connectivity index (χ1) is 12.1. The minimum Gasteiger partial charge on any atom is -0.480 e. The molecule has 0 aromatic rings. The summed E-state index contributed by atoms with van der Waals surface area (Å²) in [5, 5.41) is 14.1. The number of carboxylic acid groups (broad SMARTS) is 1. The number of nitrogens with zero attached hydrogens (tertiary/aromatic N) is 1. The smallest absolute Gasteiger partial charge is 0.326 e. The quantitative estimate of drug-likeness (QED) is 0.220. The molecule has 25 heavy (non-hydrogen) atoms. The summed E-state index contributed by atoms with van der Waals surface area (Å²) in [6, 6.07) is -0.803. The van der Waals surface area contributed by atoms with E-state index in [9.17, 15) is 14.7 Å². The van der Waals surface area contributed by atoms with E-state index in [1.54, 1.807) is 0 Å². The highest BCUT2D eigenvalue weighted by Gasteiger charge is 2.18. The molecule has 0 saturated heterocycles. The number of nitrogens with one attached hydrogen (secondary N) is 1. The number of amides is 1. The van der Waals surface area contributed by atoms with E-state index in [0.717, 1.165) is 25.7 Å². The molecule has 1 amide bonds. The van der Waals surface area contributed by atoms with Crippen molar-refractivity contribution in [1.82, 2.24) is 5.32 Å². The summed E-state index contributed by atoms with van der Waals surface area (Å²) >= 11 is 4.47. The molecule has 0 rings (SSSR count). The highest BCUT2D eigenvalue weighted by Crippen LogP contribution is 2.10. The van der Waals surface area contributed by atoms with E-state index in [0.29, 0.717) is 25.8 Å². The van der Waals surface area contributed by atoms with Crippen LogP contribution in [-0.2, 0) is 9.59 Å². The molecular formula is C19H34N2O3S. The molecule has 0 aliphatic carbocycles. The van der Waals surface area contributed by atoms with Crippen molar-refractivity contribution in [1.29, 1.82) is 0 Å². The van der Waals surface area contributed by atoms with E-state index in [4.69, 9.17) is 0 Å². The van der Waals surface area contributed by atoms with Gasteiger partial charge in [0.1, 0.15) is 6.04 Å². The summed E-state index contributed by atoms with van der Waals surface area (Å²) in [4.78, 5) is 26.9. The van der Waals surface area contributed by atoms with Crippen LogP contribution in [0.4, 0.5) is 0 Å². The zero-order valence-corrected chi connectivity index (χ0v) is 16.4. The molecule has 0 aromatic heterocycles. The predicted molar refractivity (Wildman–Crippen MR) is 105 cm³/mol. The number of thiocarbonyl (C=S) groups is 1. The third kappa shape index (κ3) is 16.0.